The van der Waals surface area contributed by atoms with Gasteiger partial charge in [0.1, 0.15) is 15.4 Å². The summed E-state index contributed by atoms with van der Waals surface area (Å²) < 4.78 is 0.958. The second-order valence-corrected chi connectivity index (χ2v) is 5.51. The Kier molecular flexibility index (Phi) is 2.57. The highest BCUT2D eigenvalue weighted by Gasteiger charge is 2.07. The first-order valence-electron chi connectivity index (χ1n) is 5.00. The van der Waals surface area contributed by atoms with E-state index in [1.807, 2.05) is 30.3 Å². The number of nitrogen functional groups attached to an aromatic ring is 1. The zero-order valence-electron chi connectivity index (χ0n) is 8.72. The molecule has 0 spiro atoms. The van der Waals surface area contributed by atoms with Crippen molar-refractivity contribution in [3.8, 4) is 10.6 Å². The lowest BCUT2D eigenvalue weighted by Crippen LogP contribution is -1.85. The highest BCUT2D eigenvalue weighted by atomic mass is 79.9. The van der Waals surface area contributed by atoms with Gasteiger partial charge < -0.3 is 5.73 Å². The summed E-state index contributed by atoms with van der Waals surface area (Å²) >= 11 is 5.00. The van der Waals surface area contributed by atoms with Crippen LogP contribution in [0, 0.1) is 0 Å². The maximum atomic E-state index is 5.82. The van der Waals surface area contributed by atoms with Crippen LogP contribution < -0.4 is 5.73 Å². The van der Waals surface area contributed by atoms with Crippen LogP contribution in [0.5, 0.6) is 0 Å². The van der Waals surface area contributed by atoms with Crippen molar-refractivity contribution < 1.29 is 0 Å². The molecule has 0 saturated carbocycles. The van der Waals surface area contributed by atoms with Crippen LogP contribution in [-0.4, -0.2) is 9.97 Å². The van der Waals surface area contributed by atoms with Gasteiger partial charge in [-0.15, -0.1) is 0 Å². The van der Waals surface area contributed by atoms with E-state index in [4.69, 9.17) is 5.73 Å². The Labute approximate surface area is 110 Å². The van der Waals surface area contributed by atoms with Crippen molar-refractivity contribution in [2.24, 2.45) is 0 Å². The molecule has 1 aromatic carbocycles. The number of hydrogen-bond donors (Lipinski definition) is 1. The summed E-state index contributed by atoms with van der Waals surface area (Å²) in [6.45, 7) is 0. The zero-order chi connectivity index (χ0) is 11.8. The van der Waals surface area contributed by atoms with E-state index in [0.29, 0.717) is 0 Å². The van der Waals surface area contributed by atoms with E-state index in [-0.39, 0.29) is 0 Å². The number of rotatable bonds is 1. The molecule has 3 nitrogen and oxygen atoms in total. The first-order valence-corrected chi connectivity index (χ1v) is 6.61. The average Bonchev–Trinajstić information content (AvgIpc) is 2.71. The summed E-state index contributed by atoms with van der Waals surface area (Å²) in [6.07, 6.45) is 1.78. The van der Waals surface area contributed by atoms with Gasteiger partial charge in [-0.05, 0) is 30.3 Å². The molecule has 17 heavy (non-hydrogen) atoms. The summed E-state index contributed by atoms with van der Waals surface area (Å²) in [4.78, 5) is 9.78. The minimum atomic E-state index is 0.724. The van der Waals surface area contributed by atoms with Gasteiger partial charge in [-0.2, -0.15) is 0 Å². The topological polar surface area (TPSA) is 51.8 Å². The number of hydrogen-bond acceptors (Lipinski definition) is 4. The van der Waals surface area contributed by atoms with Crippen LogP contribution in [0.2, 0.25) is 0 Å². The molecule has 0 aliphatic carbocycles. The molecule has 2 aromatic heterocycles. The normalized spacial score (nSPS) is 10.9. The summed E-state index contributed by atoms with van der Waals surface area (Å²) in [5, 5.41) is 0.937. The van der Waals surface area contributed by atoms with E-state index in [1.165, 1.54) is 0 Å². The van der Waals surface area contributed by atoms with Crippen molar-refractivity contribution >= 4 is 43.3 Å². The Balaban J connectivity index is 2.20. The highest BCUT2D eigenvalue weighted by molar-refractivity contribution is 9.10. The molecule has 3 rings (SSSR count). The van der Waals surface area contributed by atoms with E-state index in [1.54, 1.807) is 17.5 Å². The van der Waals surface area contributed by atoms with Gasteiger partial charge in [0, 0.05) is 21.9 Å². The molecule has 84 valence electrons. The minimum Gasteiger partial charge on any atom is -0.399 e. The molecule has 0 aliphatic rings. The van der Waals surface area contributed by atoms with E-state index < -0.39 is 0 Å². The second-order valence-electron chi connectivity index (χ2n) is 3.62. The van der Waals surface area contributed by atoms with Crippen molar-refractivity contribution in [1.82, 2.24) is 9.97 Å². The molecule has 0 fully saturated rings. The fourth-order valence-electron chi connectivity index (χ4n) is 1.63. The molecule has 2 heterocycles. The van der Waals surface area contributed by atoms with Gasteiger partial charge in [-0.25, -0.2) is 9.97 Å². The number of pyridine rings is 1. The lowest BCUT2D eigenvalue weighted by molar-refractivity contribution is 1.40. The largest absolute Gasteiger partial charge is 0.399 e. The second kappa shape index (κ2) is 4.09. The van der Waals surface area contributed by atoms with Crippen molar-refractivity contribution in [2.75, 3.05) is 5.73 Å². The summed E-state index contributed by atoms with van der Waals surface area (Å²) in [5.74, 6) is 0. The van der Waals surface area contributed by atoms with E-state index in [0.717, 1.165) is 31.1 Å². The third-order valence-corrected chi connectivity index (χ3v) is 3.82. The van der Waals surface area contributed by atoms with Gasteiger partial charge in [0.05, 0.1) is 0 Å². The van der Waals surface area contributed by atoms with Crippen molar-refractivity contribution in [3.63, 3.8) is 0 Å². The Bertz CT molecular complexity index is 640. The van der Waals surface area contributed by atoms with E-state index in [9.17, 15) is 0 Å². The fourth-order valence-corrected chi connectivity index (χ4v) is 3.03. The molecule has 0 amide bonds. The summed E-state index contributed by atoms with van der Waals surface area (Å²) in [7, 11) is 0. The molecule has 0 atom stereocenters. The van der Waals surface area contributed by atoms with Crippen LogP contribution in [0.25, 0.3) is 20.9 Å². The smallest absolute Gasteiger partial charge is 0.143 e. The van der Waals surface area contributed by atoms with Gasteiger partial charge in [0.2, 0.25) is 0 Å². The molecule has 3 aromatic rings. The molecule has 5 heteroatoms. The van der Waals surface area contributed by atoms with Crippen LogP contribution in [0.15, 0.2) is 41.0 Å². The maximum Gasteiger partial charge on any atom is 0.143 e. The molecule has 0 unspecified atom stereocenters. The lowest BCUT2D eigenvalue weighted by atomic mass is 10.2. The predicted octanol–water partition coefficient (Wildman–Crippen LogP) is 3.70. The number of fused-ring (bicyclic) bond motifs is 1. The third kappa shape index (κ3) is 2.03. The monoisotopic (exact) mass is 305 g/mol. The van der Waals surface area contributed by atoms with Crippen LogP contribution in [-0.2, 0) is 0 Å². The first kappa shape index (κ1) is 10.7. The van der Waals surface area contributed by atoms with Gasteiger partial charge >= 0.3 is 0 Å². The van der Waals surface area contributed by atoms with Crippen LogP contribution in [0.1, 0.15) is 0 Å². The fraction of sp³-hybridized carbons (Fsp3) is 0. The van der Waals surface area contributed by atoms with Crippen molar-refractivity contribution in [2.45, 2.75) is 0 Å². The number of halogens is 1. The van der Waals surface area contributed by atoms with E-state index in [2.05, 4.69) is 25.9 Å². The van der Waals surface area contributed by atoms with Gasteiger partial charge in [0.15, 0.2) is 0 Å². The van der Waals surface area contributed by atoms with Crippen molar-refractivity contribution in [3.05, 3.63) is 41.0 Å². The van der Waals surface area contributed by atoms with Gasteiger partial charge in [0.25, 0.3) is 0 Å². The summed E-state index contributed by atoms with van der Waals surface area (Å²) in [5.41, 5.74) is 8.48. The molecule has 2 N–H and O–H groups in total. The average molecular weight is 306 g/mol. The zero-order valence-corrected chi connectivity index (χ0v) is 11.1. The molecule has 0 radical (unpaired) electrons. The number of anilines is 1. The SMILES string of the molecule is Nc1cc(Br)cc(-c2nc3cccnc3s2)c1. The Morgan fingerprint density at radius 3 is 2.88 bits per heavy atom. The number of thiazole rings is 1. The lowest BCUT2D eigenvalue weighted by Gasteiger charge is -1.99. The van der Waals surface area contributed by atoms with E-state index >= 15 is 0 Å². The van der Waals surface area contributed by atoms with Gasteiger partial charge in [-0.1, -0.05) is 27.3 Å². The number of nitrogens with two attached hydrogens (primary N) is 1. The molecule has 0 saturated heterocycles. The summed E-state index contributed by atoms with van der Waals surface area (Å²) in [6, 6.07) is 9.65. The minimum absolute atomic E-state index is 0.724. The van der Waals surface area contributed by atoms with Gasteiger partial charge in [-0.3, -0.25) is 0 Å². The molecular weight excluding hydrogens is 298 g/mol. The Hall–Kier alpha value is -1.46. The third-order valence-electron chi connectivity index (χ3n) is 2.33. The molecular formula is C12H8BrN3S. The first-order chi connectivity index (χ1) is 8.22. The molecule has 0 aliphatic heterocycles. The quantitative estimate of drug-likeness (QED) is 0.697. The highest BCUT2D eigenvalue weighted by Crippen LogP contribution is 2.31. The maximum absolute atomic E-state index is 5.82. The van der Waals surface area contributed by atoms with Crippen LogP contribution >= 0.6 is 27.3 Å². The van der Waals surface area contributed by atoms with Crippen LogP contribution in [0.3, 0.4) is 0 Å². The van der Waals surface area contributed by atoms with Crippen molar-refractivity contribution in [1.29, 1.82) is 0 Å². The number of aromatic nitrogens is 2. The standard InChI is InChI=1S/C12H8BrN3S/c13-8-4-7(5-9(14)6-8)11-16-10-2-1-3-15-12(10)17-11/h1-6H,14H2. The Morgan fingerprint density at radius 2 is 2.12 bits per heavy atom. The van der Waals surface area contributed by atoms with Crippen LogP contribution in [0.4, 0.5) is 5.69 Å². The predicted molar refractivity (Wildman–Crippen MR) is 75.0 cm³/mol. The number of nitrogens with zero attached hydrogens (tertiary/aromatic N) is 2. The number of benzene rings is 1. The molecule has 0 bridgehead atoms. The Morgan fingerprint density at radius 1 is 1.24 bits per heavy atom.